The Morgan fingerprint density at radius 2 is 1.46 bits per heavy atom. The van der Waals surface area contributed by atoms with Crippen LogP contribution in [0.5, 0.6) is 0 Å². The lowest BCUT2D eigenvalue weighted by atomic mass is 9.82. The summed E-state index contributed by atoms with van der Waals surface area (Å²) in [6, 6.07) is 0.504. The molecule has 2 heteroatoms. The number of rotatable bonds is 2. The molecule has 2 fully saturated rings. The van der Waals surface area contributed by atoms with E-state index in [4.69, 9.17) is 5.73 Å². The Morgan fingerprint density at radius 3 is 2.08 bits per heavy atom. The van der Waals surface area contributed by atoms with Crippen molar-refractivity contribution >= 4 is 0 Å². The number of piperidine rings is 1. The molecular weight excluding hydrogens is 160 g/mol. The van der Waals surface area contributed by atoms with E-state index in [0.29, 0.717) is 6.04 Å². The van der Waals surface area contributed by atoms with Crippen molar-refractivity contribution in [1.82, 2.24) is 5.32 Å². The Kier molecular flexibility index (Phi) is 3.23. The fraction of sp³-hybridized carbons (Fsp3) is 1.00. The van der Waals surface area contributed by atoms with E-state index in [1.165, 1.54) is 51.6 Å². The van der Waals surface area contributed by atoms with Crippen LogP contribution < -0.4 is 11.1 Å². The zero-order valence-corrected chi connectivity index (χ0v) is 8.47. The molecule has 76 valence electrons. The van der Waals surface area contributed by atoms with Crippen molar-refractivity contribution in [3.8, 4) is 0 Å². The Hall–Kier alpha value is -0.0800. The molecule has 0 bridgehead atoms. The maximum absolute atomic E-state index is 6.33. The molecule has 0 aromatic carbocycles. The third-order valence-electron chi connectivity index (χ3n) is 3.87. The van der Waals surface area contributed by atoms with E-state index in [1.807, 2.05) is 0 Å². The normalized spacial score (nSPS) is 29.3. The van der Waals surface area contributed by atoms with Crippen molar-refractivity contribution < 1.29 is 0 Å². The van der Waals surface area contributed by atoms with Crippen LogP contribution in [0.1, 0.15) is 38.5 Å². The van der Waals surface area contributed by atoms with Gasteiger partial charge in [0.05, 0.1) is 0 Å². The van der Waals surface area contributed by atoms with E-state index >= 15 is 0 Å². The minimum Gasteiger partial charge on any atom is -0.327 e. The quantitative estimate of drug-likeness (QED) is 0.679. The standard InChI is InChI=1S/C11H22N2/c12-11(9-3-1-2-4-9)10-5-7-13-8-6-10/h9-11,13H,1-8,12H2. The van der Waals surface area contributed by atoms with Gasteiger partial charge in [-0.3, -0.25) is 0 Å². The highest BCUT2D eigenvalue weighted by atomic mass is 14.9. The molecule has 1 saturated heterocycles. The first-order valence-corrected chi connectivity index (χ1v) is 5.84. The van der Waals surface area contributed by atoms with E-state index in [9.17, 15) is 0 Å². The third-order valence-corrected chi connectivity index (χ3v) is 3.87. The van der Waals surface area contributed by atoms with Crippen LogP contribution in [0.25, 0.3) is 0 Å². The van der Waals surface area contributed by atoms with Crippen LogP contribution in [0.2, 0.25) is 0 Å². The van der Waals surface area contributed by atoms with Crippen molar-refractivity contribution in [2.45, 2.75) is 44.6 Å². The first-order chi connectivity index (χ1) is 6.38. The van der Waals surface area contributed by atoms with Gasteiger partial charge >= 0.3 is 0 Å². The summed E-state index contributed by atoms with van der Waals surface area (Å²) >= 11 is 0. The van der Waals surface area contributed by atoms with Crippen LogP contribution in [0.3, 0.4) is 0 Å². The van der Waals surface area contributed by atoms with Gasteiger partial charge in [-0.25, -0.2) is 0 Å². The lowest BCUT2D eigenvalue weighted by Crippen LogP contribution is -2.42. The second-order valence-corrected chi connectivity index (χ2v) is 4.71. The molecule has 0 aromatic rings. The summed E-state index contributed by atoms with van der Waals surface area (Å²) in [5, 5.41) is 3.40. The Morgan fingerprint density at radius 1 is 0.923 bits per heavy atom. The number of nitrogens with two attached hydrogens (primary N) is 1. The highest BCUT2D eigenvalue weighted by Gasteiger charge is 2.29. The molecule has 2 aliphatic rings. The van der Waals surface area contributed by atoms with Gasteiger partial charge in [0.1, 0.15) is 0 Å². The van der Waals surface area contributed by atoms with E-state index in [2.05, 4.69) is 5.32 Å². The zero-order valence-electron chi connectivity index (χ0n) is 8.47. The molecule has 0 spiro atoms. The third kappa shape index (κ3) is 2.23. The van der Waals surface area contributed by atoms with Gasteiger partial charge in [0.25, 0.3) is 0 Å². The Balaban J connectivity index is 1.83. The summed E-state index contributed by atoms with van der Waals surface area (Å²) in [5.74, 6) is 1.66. The lowest BCUT2D eigenvalue weighted by Gasteiger charge is -2.31. The summed E-state index contributed by atoms with van der Waals surface area (Å²) in [6.45, 7) is 2.37. The second kappa shape index (κ2) is 4.43. The molecule has 1 unspecified atom stereocenters. The van der Waals surface area contributed by atoms with Crippen molar-refractivity contribution in [2.24, 2.45) is 17.6 Å². The fourth-order valence-electron chi connectivity index (χ4n) is 2.96. The van der Waals surface area contributed by atoms with Gasteiger partial charge in [0, 0.05) is 6.04 Å². The molecule has 1 atom stereocenters. The van der Waals surface area contributed by atoms with Gasteiger partial charge in [0.2, 0.25) is 0 Å². The average Bonchev–Trinajstić information content (AvgIpc) is 2.71. The van der Waals surface area contributed by atoms with Crippen LogP contribution in [-0.4, -0.2) is 19.1 Å². The van der Waals surface area contributed by atoms with Crippen LogP contribution in [0, 0.1) is 11.8 Å². The average molecular weight is 182 g/mol. The van der Waals surface area contributed by atoms with Gasteiger partial charge in [-0.2, -0.15) is 0 Å². The molecule has 13 heavy (non-hydrogen) atoms. The minimum absolute atomic E-state index is 0.504. The summed E-state index contributed by atoms with van der Waals surface area (Å²) in [7, 11) is 0. The van der Waals surface area contributed by atoms with Gasteiger partial charge in [-0.15, -0.1) is 0 Å². The first kappa shape index (κ1) is 9.47. The van der Waals surface area contributed by atoms with Crippen molar-refractivity contribution in [3.63, 3.8) is 0 Å². The molecule has 0 aromatic heterocycles. The largest absolute Gasteiger partial charge is 0.327 e. The Bertz CT molecular complexity index is 146. The SMILES string of the molecule is NC(C1CCCC1)C1CCNCC1. The summed E-state index contributed by atoms with van der Waals surface area (Å²) < 4.78 is 0. The maximum Gasteiger partial charge on any atom is 0.00965 e. The molecule has 1 heterocycles. The maximum atomic E-state index is 6.33. The summed E-state index contributed by atoms with van der Waals surface area (Å²) in [6.07, 6.45) is 8.23. The van der Waals surface area contributed by atoms with Gasteiger partial charge in [-0.05, 0) is 50.6 Å². The lowest BCUT2D eigenvalue weighted by molar-refractivity contribution is 0.255. The topological polar surface area (TPSA) is 38.0 Å². The van der Waals surface area contributed by atoms with Crippen LogP contribution in [0.4, 0.5) is 0 Å². The van der Waals surface area contributed by atoms with Crippen LogP contribution in [0.15, 0.2) is 0 Å². The molecule has 1 aliphatic heterocycles. The monoisotopic (exact) mass is 182 g/mol. The number of hydrogen-bond acceptors (Lipinski definition) is 2. The van der Waals surface area contributed by atoms with E-state index < -0.39 is 0 Å². The molecule has 0 amide bonds. The molecule has 1 saturated carbocycles. The van der Waals surface area contributed by atoms with Crippen LogP contribution >= 0.6 is 0 Å². The Labute approximate surface area is 81.3 Å². The van der Waals surface area contributed by atoms with Gasteiger partial charge in [0.15, 0.2) is 0 Å². The minimum atomic E-state index is 0.504. The molecule has 1 aliphatic carbocycles. The van der Waals surface area contributed by atoms with E-state index in [1.54, 1.807) is 0 Å². The van der Waals surface area contributed by atoms with Crippen molar-refractivity contribution in [2.75, 3.05) is 13.1 Å². The zero-order chi connectivity index (χ0) is 9.10. The second-order valence-electron chi connectivity index (χ2n) is 4.71. The molecule has 0 radical (unpaired) electrons. The summed E-state index contributed by atoms with van der Waals surface area (Å²) in [4.78, 5) is 0. The number of hydrogen-bond donors (Lipinski definition) is 2. The van der Waals surface area contributed by atoms with E-state index in [0.717, 1.165) is 11.8 Å². The highest BCUT2D eigenvalue weighted by Crippen LogP contribution is 2.32. The molecule has 3 N–H and O–H groups in total. The van der Waals surface area contributed by atoms with Crippen molar-refractivity contribution in [1.29, 1.82) is 0 Å². The predicted molar refractivity (Wildman–Crippen MR) is 55.5 cm³/mol. The smallest absolute Gasteiger partial charge is 0.00965 e. The van der Waals surface area contributed by atoms with Gasteiger partial charge < -0.3 is 11.1 Å². The molecule has 2 rings (SSSR count). The van der Waals surface area contributed by atoms with E-state index in [-0.39, 0.29) is 0 Å². The molecular formula is C11H22N2. The highest BCUT2D eigenvalue weighted by molar-refractivity contribution is 4.85. The molecule has 2 nitrogen and oxygen atoms in total. The summed E-state index contributed by atoms with van der Waals surface area (Å²) in [5.41, 5.74) is 6.33. The van der Waals surface area contributed by atoms with Gasteiger partial charge in [-0.1, -0.05) is 12.8 Å². The predicted octanol–water partition coefficient (Wildman–Crippen LogP) is 1.50. The van der Waals surface area contributed by atoms with Crippen LogP contribution in [-0.2, 0) is 0 Å². The fourth-order valence-corrected chi connectivity index (χ4v) is 2.96. The number of nitrogens with one attached hydrogen (secondary N) is 1. The van der Waals surface area contributed by atoms with Crippen molar-refractivity contribution in [3.05, 3.63) is 0 Å². The first-order valence-electron chi connectivity index (χ1n) is 5.84.